The van der Waals surface area contributed by atoms with Crippen molar-refractivity contribution in [3.63, 3.8) is 0 Å². The summed E-state index contributed by atoms with van der Waals surface area (Å²) >= 11 is 3.33. The van der Waals surface area contributed by atoms with Crippen molar-refractivity contribution in [2.75, 3.05) is 31.1 Å². The lowest BCUT2D eigenvalue weighted by Gasteiger charge is -2.35. The Morgan fingerprint density at radius 1 is 1.12 bits per heavy atom. The van der Waals surface area contributed by atoms with Gasteiger partial charge in [0.1, 0.15) is 4.47 Å². The summed E-state index contributed by atoms with van der Waals surface area (Å²) in [5.41, 5.74) is 2.14. The van der Waals surface area contributed by atoms with Gasteiger partial charge in [-0.3, -0.25) is 4.79 Å². The second kappa shape index (κ2) is 7.13. The van der Waals surface area contributed by atoms with Gasteiger partial charge in [0.25, 0.3) is 5.56 Å². The average Bonchev–Trinajstić information content (AvgIpc) is 2.62. The van der Waals surface area contributed by atoms with E-state index < -0.39 is 10.0 Å². The number of nitrogens with zero attached hydrogens (tertiary/aromatic N) is 4. The second-order valence-electron chi connectivity index (χ2n) is 6.43. The first-order valence-corrected chi connectivity index (χ1v) is 10.5. The molecule has 7 nitrogen and oxygen atoms in total. The van der Waals surface area contributed by atoms with E-state index in [1.54, 1.807) is 19.3 Å². The van der Waals surface area contributed by atoms with E-state index in [1.807, 2.05) is 30.9 Å². The number of halogens is 1. The number of hydrogen-bond donors (Lipinski definition) is 0. The van der Waals surface area contributed by atoms with Crippen molar-refractivity contribution in [3.8, 4) is 0 Å². The summed E-state index contributed by atoms with van der Waals surface area (Å²) in [5, 5.41) is 4.05. The summed E-state index contributed by atoms with van der Waals surface area (Å²) in [6, 6.07) is 5.46. The Balaban J connectivity index is 1.81. The molecule has 2 heterocycles. The highest BCUT2D eigenvalue weighted by molar-refractivity contribution is 9.10. The van der Waals surface area contributed by atoms with Gasteiger partial charge in [0.05, 0.1) is 16.8 Å². The van der Waals surface area contributed by atoms with Crippen LogP contribution in [0.4, 0.5) is 5.69 Å². The van der Waals surface area contributed by atoms with Crippen LogP contribution in [0.5, 0.6) is 0 Å². The minimum Gasteiger partial charge on any atom is -0.367 e. The third-order valence-electron chi connectivity index (χ3n) is 4.60. The molecule has 0 unspecified atom stereocenters. The smallest absolute Gasteiger partial charge is 0.282 e. The summed E-state index contributed by atoms with van der Waals surface area (Å²) in [5.74, 6) is 0. The Morgan fingerprint density at radius 2 is 1.77 bits per heavy atom. The minimum atomic E-state index is -3.53. The second-order valence-corrected chi connectivity index (χ2v) is 9.13. The van der Waals surface area contributed by atoms with Crippen LogP contribution >= 0.6 is 15.9 Å². The standard InChI is InChI=1S/C17H21BrN4O3S/c1-12-4-5-13(2)15(10-12)26(24,25)22-8-6-21(7-9-22)14-11-19-20(3)17(23)16(14)18/h4-5,10-11H,6-9H2,1-3H3. The van der Waals surface area contributed by atoms with Crippen LogP contribution < -0.4 is 10.5 Å². The molecule has 3 rings (SSSR count). The third-order valence-corrected chi connectivity index (χ3v) is 7.39. The number of benzene rings is 1. The number of hydrogen-bond acceptors (Lipinski definition) is 5. The van der Waals surface area contributed by atoms with Gasteiger partial charge in [-0.05, 0) is 47.0 Å². The van der Waals surface area contributed by atoms with Gasteiger partial charge in [-0.1, -0.05) is 12.1 Å². The van der Waals surface area contributed by atoms with Gasteiger partial charge in [0.2, 0.25) is 10.0 Å². The Morgan fingerprint density at radius 3 is 2.42 bits per heavy atom. The fourth-order valence-electron chi connectivity index (χ4n) is 3.02. The average molecular weight is 441 g/mol. The maximum absolute atomic E-state index is 13.0. The van der Waals surface area contributed by atoms with Gasteiger partial charge in [0, 0.05) is 33.2 Å². The lowest BCUT2D eigenvalue weighted by molar-refractivity contribution is 0.384. The molecule has 2 aromatic rings. The lowest BCUT2D eigenvalue weighted by Crippen LogP contribution is -2.49. The van der Waals surface area contributed by atoms with E-state index in [4.69, 9.17) is 0 Å². The largest absolute Gasteiger partial charge is 0.367 e. The number of anilines is 1. The molecule has 0 spiro atoms. The molecule has 0 saturated carbocycles. The van der Waals surface area contributed by atoms with Crippen LogP contribution in [0.15, 0.2) is 38.6 Å². The van der Waals surface area contributed by atoms with Crippen LogP contribution in [0.1, 0.15) is 11.1 Å². The summed E-state index contributed by atoms with van der Waals surface area (Å²) < 4.78 is 29.2. The summed E-state index contributed by atoms with van der Waals surface area (Å²) in [6.07, 6.45) is 1.63. The first-order valence-electron chi connectivity index (χ1n) is 8.26. The fraction of sp³-hybridized carbons (Fsp3) is 0.412. The highest BCUT2D eigenvalue weighted by Crippen LogP contribution is 2.26. The maximum Gasteiger partial charge on any atom is 0.282 e. The van der Waals surface area contributed by atoms with Gasteiger partial charge in [0.15, 0.2) is 0 Å². The molecule has 1 fully saturated rings. The van der Waals surface area contributed by atoms with Crippen LogP contribution in [0.3, 0.4) is 0 Å². The Labute approximate surface area is 161 Å². The van der Waals surface area contributed by atoms with Crippen molar-refractivity contribution in [3.05, 3.63) is 50.3 Å². The van der Waals surface area contributed by atoms with E-state index in [1.165, 1.54) is 8.99 Å². The number of piperazine rings is 1. The zero-order valence-corrected chi connectivity index (χ0v) is 17.3. The van der Waals surface area contributed by atoms with Gasteiger partial charge < -0.3 is 4.90 Å². The Kier molecular flexibility index (Phi) is 5.23. The van der Waals surface area contributed by atoms with E-state index in [9.17, 15) is 13.2 Å². The molecule has 0 N–H and O–H groups in total. The number of sulfonamides is 1. The topological polar surface area (TPSA) is 75.5 Å². The Bertz CT molecular complexity index is 996. The molecule has 0 atom stereocenters. The van der Waals surface area contributed by atoms with Crippen LogP contribution in [0, 0.1) is 13.8 Å². The Hall–Kier alpha value is -1.71. The molecule has 0 bridgehead atoms. The molecule has 0 radical (unpaired) electrons. The fourth-order valence-corrected chi connectivity index (χ4v) is 5.36. The quantitative estimate of drug-likeness (QED) is 0.725. The minimum absolute atomic E-state index is 0.215. The highest BCUT2D eigenvalue weighted by Gasteiger charge is 2.30. The SMILES string of the molecule is Cc1ccc(C)c(S(=O)(=O)N2CCN(c3cnn(C)c(=O)c3Br)CC2)c1. The monoisotopic (exact) mass is 440 g/mol. The summed E-state index contributed by atoms with van der Waals surface area (Å²) in [6.45, 7) is 5.41. The van der Waals surface area contributed by atoms with Crippen molar-refractivity contribution >= 4 is 31.6 Å². The molecule has 1 aliphatic heterocycles. The van der Waals surface area contributed by atoms with E-state index in [-0.39, 0.29) is 5.56 Å². The molecule has 140 valence electrons. The third kappa shape index (κ3) is 3.43. The predicted molar refractivity (Wildman–Crippen MR) is 104 cm³/mol. The highest BCUT2D eigenvalue weighted by atomic mass is 79.9. The molecule has 0 aliphatic carbocycles. The van der Waals surface area contributed by atoms with Crippen molar-refractivity contribution in [1.82, 2.24) is 14.1 Å². The zero-order valence-electron chi connectivity index (χ0n) is 14.9. The molecular formula is C17H21BrN4O3S. The molecule has 1 aromatic carbocycles. The molecule has 1 aliphatic rings. The van der Waals surface area contributed by atoms with Crippen molar-refractivity contribution in [1.29, 1.82) is 0 Å². The van der Waals surface area contributed by atoms with Crippen molar-refractivity contribution in [2.24, 2.45) is 7.05 Å². The van der Waals surface area contributed by atoms with E-state index in [0.29, 0.717) is 41.2 Å². The number of rotatable bonds is 3. The maximum atomic E-state index is 13.0. The van der Waals surface area contributed by atoms with Crippen LogP contribution in [0.2, 0.25) is 0 Å². The van der Waals surface area contributed by atoms with Crippen molar-refractivity contribution < 1.29 is 8.42 Å². The molecule has 1 aromatic heterocycles. The molecule has 26 heavy (non-hydrogen) atoms. The van der Waals surface area contributed by atoms with Crippen LogP contribution in [0.25, 0.3) is 0 Å². The predicted octanol–water partition coefficient (Wildman–Crippen LogP) is 1.67. The normalized spacial score (nSPS) is 16.1. The van der Waals surface area contributed by atoms with Gasteiger partial charge >= 0.3 is 0 Å². The first kappa shape index (κ1) is 19.1. The van der Waals surface area contributed by atoms with Gasteiger partial charge in [-0.2, -0.15) is 9.40 Å². The molecule has 0 amide bonds. The van der Waals surface area contributed by atoms with Crippen LogP contribution in [-0.4, -0.2) is 48.7 Å². The lowest BCUT2D eigenvalue weighted by atomic mass is 10.2. The molecule has 1 saturated heterocycles. The van der Waals surface area contributed by atoms with Crippen molar-refractivity contribution in [2.45, 2.75) is 18.7 Å². The molecule has 9 heteroatoms. The summed E-state index contributed by atoms with van der Waals surface area (Å²) in [4.78, 5) is 14.4. The van der Waals surface area contributed by atoms with Gasteiger partial charge in [-0.25, -0.2) is 13.1 Å². The van der Waals surface area contributed by atoms with E-state index in [2.05, 4.69) is 21.0 Å². The number of aryl methyl sites for hydroxylation is 3. The van der Waals surface area contributed by atoms with Crippen LogP contribution in [-0.2, 0) is 17.1 Å². The van der Waals surface area contributed by atoms with Gasteiger partial charge in [-0.15, -0.1) is 0 Å². The first-order chi connectivity index (χ1) is 12.2. The summed E-state index contributed by atoms with van der Waals surface area (Å²) in [7, 11) is -1.94. The number of aromatic nitrogens is 2. The van der Waals surface area contributed by atoms with E-state index in [0.717, 1.165) is 11.1 Å². The zero-order chi connectivity index (χ0) is 19.1. The molecular weight excluding hydrogens is 420 g/mol. The van der Waals surface area contributed by atoms with E-state index >= 15 is 0 Å².